The van der Waals surface area contributed by atoms with E-state index in [1.165, 1.54) is 0 Å². The second-order valence-corrected chi connectivity index (χ2v) is 4.61. The average Bonchev–Trinajstić information content (AvgIpc) is 2.42. The lowest BCUT2D eigenvalue weighted by molar-refractivity contribution is -0.131. The maximum Gasteiger partial charge on any atom is 0.328 e. The van der Waals surface area contributed by atoms with Crippen molar-refractivity contribution in [1.82, 2.24) is 0 Å². The Bertz CT molecular complexity index is 640. The number of aryl methyl sites for hydroxylation is 2. The van der Waals surface area contributed by atoms with Crippen LogP contribution in [0.1, 0.15) is 16.7 Å². The summed E-state index contributed by atoms with van der Waals surface area (Å²) in [5.74, 6) is 0.603. The topological polar surface area (TPSA) is 46.5 Å². The highest BCUT2D eigenvalue weighted by Gasteiger charge is 2.01. The predicted molar refractivity (Wildman–Crippen MR) is 79.1 cm³/mol. The molecule has 0 aliphatic rings. The maximum absolute atomic E-state index is 10.4. The van der Waals surface area contributed by atoms with Gasteiger partial charge in [0.05, 0.1) is 0 Å². The highest BCUT2D eigenvalue weighted by atomic mass is 16.5. The van der Waals surface area contributed by atoms with Crippen LogP contribution >= 0.6 is 0 Å². The zero-order chi connectivity index (χ0) is 14.5. The summed E-state index contributed by atoms with van der Waals surface area (Å²) in [6, 6.07) is 13.3. The Morgan fingerprint density at radius 3 is 2.45 bits per heavy atom. The molecular weight excluding hydrogens is 252 g/mol. The van der Waals surface area contributed by atoms with E-state index in [1.54, 1.807) is 6.08 Å². The lowest BCUT2D eigenvalue weighted by Crippen LogP contribution is -1.89. The van der Waals surface area contributed by atoms with Crippen LogP contribution in [0.4, 0.5) is 0 Å². The third kappa shape index (κ3) is 3.72. The number of hydrogen-bond acceptors (Lipinski definition) is 2. The molecule has 0 heterocycles. The number of ether oxygens (including phenoxy) is 1. The van der Waals surface area contributed by atoms with Crippen molar-refractivity contribution < 1.29 is 14.6 Å². The molecular formula is C17H16O3. The lowest BCUT2D eigenvalue weighted by atomic mass is 10.1. The fraction of sp³-hybridized carbons (Fsp3) is 0.118. The molecule has 0 saturated heterocycles. The van der Waals surface area contributed by atoms with Gasteiger partial charge in [-0.15, -0.1) is 0 Å². The number of aliphatic carboxylic acids is 1. The minimum Gasteiger partial charge on any atom is -0.478 e. The molecule has 0 unspecified atom stereocenters. The van der Waals surface area contributed by atoms with Crippen molar-refractivity contribution >= 4 is 12.0 Å². The molecule has 2 rings (SSSR count). The number of hydrogen-bond donors (Lipinski definition) is 1. The summed E-state index contributed by atoms with van der Waals surface area (Å²) < 4.78 is 5.83. The van der Waals surface area contributed by atoms with E-state index in [1.807, 2.05) is 56.3 Å². The summed E-state index contributed by atoms with van der Waals surface area (Å²) in [4.78, 5) is 10.4. The Morgan fingerprint density at radius 2 is 1.80 bits per heavy atom. The quantitative estimate of drug-likeness (QED) is 0.845. The van der Waals surface area contributed by atoms with Crippen LogP contribution in [0.2, 0.25) is 0 Å². The highest BCUT2D eigenvalue weighted by molar-refractivity contribution is 5.85. The van der Waals surface area contributed by atoms with Gasteiger partial charge in [0.15, 0.2) is 0 Å². The second kappa shape index (κ2) is 6.06. The summed E-state index contributed by atoms with van der Waals surface area (Å²) >= 11 is 0. The molecule has 3 heteroatoms. The molecule has 0 aliphatic heterocycles. The zero-order valence-electron chi connectivity index (χ0n) is 11.5. The summed E-state index contributed by atoms with van der Waals surface area (Å²) in [6.45, 7) is 4.02. The standard InChI is InChI=1S/C17H16O3/c1-12-3-4-13(2)16(11-12)20-15-8-5-14(6-9-15)7-10-17(18)19/h3-11H,1-2H3,(H,18,19). The summed E-state index contributed by atoms with van der Waals surface area (Å²) in [5, 5.41) is 8.57. The van der Waals surface area contributed by atoms with Gasteiger partial charge in [-0.05, 0) is 54.8 Å². The number of rotatable bonds is 4. The Labute approximate surface area is 118 Å². The first-order valence-electron chi connectivity index (χ1n) is 6.31. The molecule has 0 atom stereocenters. The molecule has 0 saturated carbocycles. The average molecular weight is 268 g/mol. The van der Waals surface area contributed by atoms with Crippen LogP contribution in [0, 0.1) is 13.8 Å². The maximum atomic E-state index is 10.4. The molecule has 2 aromatic rings. The van der Waals surface area contributed by atoms with E-state index in [0.717, 1.165) is 34.3 Å². The van der Waals surface area contributed by atoms with E-state index >= 15 is 0 Å². The minimum atomic E-state index is -0.958. The van der Waals surface area contributed by atoms with E-state index in [2.05, 4.69) is 0 Å². The first-order chi connectivity index (χ1) is 9.54. The van der Waals surface area contributed by atoms with Crippen LogP contribution in [0.5, 0.6) is 11.5 Å². The Morgan fingerprint density at radius 1 is 1.10 bits per heavy atom. The first kappa shape index (κ1) is 13.9. The molecule has 3 nitrogen and oxygen atoms in total. The van der Waals surface area contributed by atoms with Gasteiger partial charge in [0, 0.05) is 6.08 Å². The monoisotopic (exact) mass is 268 g/mol. The van der Waals surface area contributed by atoms with Gasteiger partial charge in [0.2, 0.25) is 0 Å². The van der Waals surface area contributed by atoms with Crippen LogP contribution < -0.4 is 4.74 Å². The number of benzene rings is 2. The fourth-order valence-electron chi connectivity index (χ4n) is 1.76. The van der Waals surface area contributed by atoms with E-state index in [4.69, 9.17) is 9.84 Å². The van der Waals surface area contributed by atoms with Gasteiger partial charge in [-0.1, -0.05) is 24.3 Å². The molecule has 1 N–H and O–H groups in total. The Hall–Kier alpha value is -2.55. The van der Waals surface area contributed by atoms with Gasteiger partial charge < -0.3 is 9.84 Å². The molecule has 0 spiro atoms. The molecule has 0 aliphatic carbocycles. The Balaban J connectivity index is 2.14. The van der Waals surface area contributed by atoms with Gasteiger partial charge in [0.25, 0.3) is 0 Å². The van der Waals surface area contributed by atoms with E-state index in [-0.39, 0.29) is 0 Å². The first-order valence-corrected chi connectivity index (χ1v) is 6.31. The predicted octanol–water partition coefficient (Wildman–Crippen LogP) is 4.19. The minimum absolute atomic E-state index is 0.728. The molecule has 0 amide bonds. The number of carboxylic acid groups (broad SMARTS) is 1. The van der Waals surface area contributed by atoms with Crippen molar-refractivity contribution in [3.8, 4) is 11.5 Å². The third-order valence-electron chi connectivity index (χ3n) is 2.87. The van der Waals surface area contributed by atoms with E-state index in [0.29, 0.717) is 0 Å². The highest BCUT2D eigenvalue weighted by Crippen LogP contribution is 2.26. The largest absolute Gasteiger partial charge is 0.478 e. The number of carboxylic acids is 1. The van der Waals surface area contributed by atoms with Crippen molar-refractivity contribution in [1.29, 1.82) is 0 Å². The molecule has 0 fully saturated rings. The van der Waals surface area contributed by atoms with Crippen LogP contribution in [0.3, 0.4) is 0 Å². The summed E-state index contributed by atoms with van der Waals surface area (Å²) in [7, 11) is 0. The SMILES string of the molecule is Cc1ccc(C)c(Oc2ccc(C=CC(=O)O)cc2)c1. The van der Waals surface area contributed by atoms with Gasteiger partial charge in [-0.2, -0.15) is 0 Å². The van der Waals surface area contributed by atoms with Crippen molar-refractivity contribution in [2.45, 2.75) is 13.8 Å². The Kier molecular flexibility index (Phi) is 4.20. The molecule has 0 bridgehead atoms. The molecule has 0 aromatic heterocycles. The smallest absolute Gasteiger partial charge is 0.328 e. The van der Waals surface area contributed by atoms with Crippen molar-refractivity contribution in [2.75, 3.05) is 0 Å². The molecule has 0 radical (unpaired) electrons. The van der Waals surface area contributed by atoms with Crippen molar-refractivity contribution in [2.24, 2.45) is 0 Å². The van der Waals surface area contributed by atoms with Crippen molar-refractivity contribution in [3.05, 3.63) is 65.2 Å². The van der Waals surface area contributed by atoms with Gasteiger partial charge >= 0.3 is 5.97 Å². The fourth-order valence-corrected chi connectivity index (χ4v) is 1.76. The van der Waals surface area contributed by atoms with Crippen LogP contribution in [-0.4, -0.2) is 11.1 Å². The molecule has 20 heavy (non-hydrogen) atoms. The molecule has 2 aromatic carbocycles. The second-order valence-electron chi connectivity index (χ2n) is 4.61. The van der Waals surface area contributed by atoms with Crippen LogP contribution in [-0.2, 0) is 4.79 Å². The normalized spacial score (nSPS) is 10.7. The third-order valence-corrected chi connectivity index (χ3v) is 2.87. The van der Waals surface area contributed by atoms with Gasteiger partial charge in [-0.25, -0.2) is 4.79 Å². The van der Waals surface area contributed by atoms with Crippen LogP contribution in [0.25, 0.3) is 6.08 Å². The van der Waals surface area contributed by atoms with Gasteiger partial charge in [-0.3, -0.25) is 0 Å². The van der Waals surface area contributed by atoms with E-state index in [9.17, 15) is 4.79 Å². The number of carbonyl (C=O) groups is 1. The summed E-state index contributed by atoms with van der Waals surface area (Å²) in [5.41, 5.74) is 3.04. The zero-order valence-corrected chi connectivity index (χ0v) is 11.5. The summed E-state index contributed by atoms with van der Waals surface area (Å²) in [6.07, 6.45) is 2.66. The van der Waals surface area contributed by atoms with E-state index < -0.39 is 5.97 Å². The molecule has 102 valence electrons. The van der Waals surface area contributed by atoms with Gasteiger partial charge in [0.1, 0.15) is 11.5 Å². The van der Waals surface area contributed by atoms with Crippen LogP contribution in [0.15, 0.2) is 48.5 Å². The van der Waals surface area contributed by atoms with Crippen molar-refractivity contribution in [3.63, 3.8) is 0 Å². The lowest BCUT2D eigenvalue weighted by Gasteiger charge is -2.09.